The van der Waals surface area contributed by atoms with Gasteiger partial charge in [-0.2, -0.15) is 0 Å². The first kappa shape index (κ1) is 14.7. The monoisotopic (exact) mass is 319 g/mol. The molecular formula is C20H17NO3. The number of hydrogen-bond acceptors (Lipinski definition) is 2. The average Bonchev–Trinajstić information content (AvgIpc) is 3.04. The van der Waals surface area contributed by atoms with Crippen LogP contribution in [0.5, 0.6) is 0 Å². The number of aliphatic hydroxyl groups is 1. The van der Waals surface area contributed by atoms with Crippen LogP contribution in [0.3, 0.4) is 0 Å². The van der Waals surface area contributed by atoms with Gasteiger partial charge in [-0.3, -0.25) is 0 Å². The van der Waals surface area contributed by atoms with Crippen molar-refractivity contribution in [3.8, 4) is 0 Å². The third-order valence-corrected chi connectivity index (χ3v) is 4.92. The summed E-state index contributed by atoms with van der Waals surface area (Å²) < 4.78 is 1.90. The van der Waals surface area contributed by atoms with Gasteiger partial charge in [-0.1, -0.05) is 36.4 Å². The van der Waals surface area contributed by atoms with E-state index in [0.717, 1.165) is 38.9 Å². The molecule has 0 fully saturated rings. The maximum absolute atomic E-state index is 11.8. The van der Waals surface area contributed by atoms with E-state index in [0.29, 0.717) is 5.56 Å². The summed E-state index contributed by atoms with van der Waals surface area (Å²) in [4.78, 5) is 11.8. The van der Waals surface area contributed by atoms with E-state index in [4.69, 9.17) is 0 Å². The van der Waals surface area contributed by atoms with Gasteiger partial charge in [0.1, 0.15) is 0 Å². The molecule has 1 heterocycles. The fourth-order valence-electron chi connectivity index (χ4n) is 3.67. The number of benzene rings is 2. The molecular weight excluding hydrogens is 302 g/mol. The van der Waals surface area contributed by atoms with Crippen LogP contribution < -0.4 is 0 Å². The third kappa shape index (κ3) is 1.87. The van der Waals surface area contributed by atoms with Crippen LogP contribution in [0.1, 0.15) is 38.8 Å². The van der Waals surface area contributed by atoms with Crippen LogP contribution >= 0.6 is 0 Å². The Bertz CT molecular complexity index is 1030. The number of hydrogen-bond donors (Lipinski definition) is 2. The van der Waals surface area contributed by atoms with E-state index in [9.17, 15) is 15.0 Å². The van der Waals surface area contributed by atoms with Gasteiger partial charge in [-0.25, -0.2) is 4.79 Å². The zero-order chi connectivity index (χ0) is 17.0. The van der Waals surface area contributed by atoms with E-state index < -0.39 is 12.1 Å². The van der Waals surface area contributed by atoms with Crippen LogP contribution in [-0.2, 0) is 7.05 Å². The molecule has 24 heavy (non-hydrogen) atoms. The molecule has 4 heteroatoms. The lowest BCUT2D eigenvalue weighted by Gasteiger charge is -2.09. The van der Waals surface area contributed by atoms with E-state index in [2.05, 4.69) is 0 Å². The number of fused-ring (bicyclic) bond motifs is 2. The summed E-state index contributed by atoms with van der Waals surface area (Å²) in [5.74, 6) is -0.932. The van der Waals surface area contributed by atoms with Crippen molar-refractivity contribution in [2.24, 2.45) is 7.05 Å². The lowest BCUT2D eigenvalue weighted by molar-refractivity contribution is 0.0698. The minimum Gasteiger partial charge on any atom is -0.478 e. The molecule has 0 saturated heterocycles. The lowest BCUT2D eigenvalue weighted by atomic mass is 9.94. The highest BCUT2D eigenvalue weighted by Gasteiger charge is 2.26. The van der Waals surface area contributed by atoms with E-state index in [1.807, 2.05) is 61.0 Å². The second-order valence-corrected chi connectivity index (χ2v) is 6.14. The molecule has 1 aliphatic carbocycles. The van der Waals surface area contributed by atoms with Crippen LogP contribution in [0.4, 0.5) is 0 Å². The molecule has 120 valence electrons. The number of aliphatic hydroxyl groups excluding tert-OH is 1. The number of aryl methyl sites for hydroxylation is 1. The van der Waals surface area contributed by atoms with Gasteiger partial charge in [0, 0.05) is 23.6 Å². The molecule has 0 amide bonds. The van der Waals surface area contributed by atoms with Gasteiger partial charge in [-0.15, -0.1) is 0 Å². The van der Waals surface area contributed by atoms with Gasteiger partial charge >= 0.3 is 5.97 Å². The predicted octanol–water partition coefficient (Wildman–Crippen LogP) is 3.66. The minimum atomic E-state index is -0.932. The number of nitrogens with zero attached hydrogens (tertiary/aromatic N) is 1. The molecule has 2 aromatic carbocycles. The van der Waals surface area contributed by atoms with Crippen molar-refractivity contribution in [2.75, 3.05) is 0 Å². The molecule has 0 saturated carbocycles. The van der Waals surface area contributed by atoms with E-state index in [1.165, 1.54) is 0 Å². The molecule has 0 bridgehead atoms. The van der Waals surface area contributed by atoms with Crippen molar-refractivity contribution >= 4 is 22.4 Å². The summed E-state index contributed by atoms with van der Waals surface area (Å²) in [6.45, 7) is 1.82. The first-order valence-corrected chi connectivity index (χ1v) is 7.81. The Hall–Kier alpha value is -2.85. The molecule has 4 rings (SSSR count). The quantitative estimate of drug-likeness (QED) is 0.757. The smallest absolute Gasteiger partial charge is 0.338 e. The Morgan fingerprint density at radius 3 is 2.54 bits per heavy atom. The fourth-order valence-corrected chi connectivity index (χ4v) is 3.67. The number of carboxylic acid groups (broad SMARTS) is 1. The van der Waals surface area contributed by atoms with Crippen molar-refractivity contribution in [1.29, 1.82) is 0 Å². The van der Waals surface area contributed by atoms with E-state index in [-0.39, 0.29) is 0 Å². The van der Waals surface area contributed by atoms with Gasteiger partial charge in [0.15, 0.2) is 0 Å². The number of aromatic carboxylic acids is 1. The van der Waals surface area contributed by atoms with Crippen LogP contribution in [0.25, 0.3) is 16.5 Å². The first-order chi connectivity index (χ1) is 11.5. The summed E-state index contributed by atoms with van der Waals surface area (Å²) in [5.41, 5.74) is 5.46. The lowest BCUT2D eigenvalue weighted by Crippen LogP contribution is -2.00. The van der Waals surface area contributed by atoms with E-state index in [1.54, 1.807) is 6.08 Å². The van der Waals surface area contributed by atoms with Crippen LogP contribution in [0.2, 0.25) is 0 Å². The zero-order valence-corrected chi connectivity index (χ0v) is 13.4. The molecule has 0 spiro atoms. The maximum atomic E-state index is 11.8. The van der Waals surface area contributed by atoms with Crippen molar-refractivity contribution in [1.82, 2.24) is 4.57 Å². The predicted molar refractivity (Wildman–Crippen MR) is 93.1 cm³/mol. The molecule has 0 aliphatic heterocycles. The minimum absolute atomic E-state index is 0.322. The van der Waals surface area contributed by atoms with Crippen molar-refractivity contribution < 1.29 is 15.0 Å². The number of aromatic nitrogens is 1. The number of rotatable bonds is 2. The number of carbonyl (C=O) groups is 1. The number of carboxylic acids is 1. The Morgan fingerprint density at radius 2 is 1.79 bits per heavy atom. The highest BCUT2D eigenvalue weighted by atomic mass is 16.4. The summed E-state index contributed by atoms with van der Waals surface area (Å²) in [5, 5.41) is 20.8. The Labute approximate surface area is 139 Å². The molecule has 1 aliphatic rings. The topological polar surface area (TPSA) is 62.5 Å². The van der Waals surface area contributed by atoms with Gasteiger partial charge in [0.05, 0.1) is 11.7 Å². The zero-order valence-electron chi connectivity index (χ0n) is 13.4. The fraction of sp³-hybridized carbons (Fsp3) is 0.150. The third-order valence-electron chi connectivity index (χ3n) is 4.92. The van der Waals surface area contributed by atoms with Gasteiger partial charge in [0.2, 0.25) is 0 Å². The Kier molecular flexibility index (Phi) is 3.11. The van der Waals surface area contributed by atoms with Gasteiger partial charge < -0.3 is 14.8 Å². The summed E-state index contributed by atoms with van der Waals surface area (Å²) in [6, 6.07) is 13.5. The molecule has 1 atom stereocenters. The van der Waals surface area contributed by atoms with Crippen molar-refractivity contribution in [2.45, 2.75) is 13.0 Å². The average molecular weight is 319 g/mol. The summed E-state index contributed by atoms with van der Waals surface area (Å²) in [7, 11) is 1.87. The molecule has 1 unspecified atom stereocenters. The van der Waals surface area contributed by atoms with E-state index >= 15 is 0 Å². The second kappa shape index (κ2) is 5.08. The standard InChI is InChI=1S/C20H17NO3/c1-11-18(20(23)24)19-14(8-5-9-16(19)21(11)2)15-10-17(22)13-7-4-3-6-12(13)15/h3-10,17,22H,1-2H3,(H,23,24). The molecule has 2 N–H and O–H groups in total. The molecule has 4 nitrogen and oxygen atoms in total. The molecule has 3 aromatic rings. The Morgan fingerprint density at radius 1 is 1.08 bits per heavy atom. The highest BCUT2D eigenvalue weighted by Crippen LogP contribution is 2.42. The SMILES string of the molecule is Cc1c(C(=O)O)c2c(C3=CC(O)c4ccccc43)cccc2n1C. The largest absolute Gasteiger partial charge is 0.478 e. The summed E-state index contributed by atoms with van der Waals surface area (Å²) in [6.07, 6.45) is 1.14. The van der Waals surface area contributed by atoms with Crippen LogP contribution in [0.15, 0.2) is 48.5 Å². The highest BCUT2D eigenvalue weighted by molar-refractivity contribution is 6.11. The van der Waals surface area contributed by atoms with Gasteiger partial charge in [-0.05, 0) is 41.3 Å². The Balaban J connectivity index is 2.08. The van der Waals surface area contributed by atoms with Crippen LogP contribution in [0, 0.1) is 6.92 Å². The van der Waals surface area contributed by atoms with Crippen molar-refractivity contribution in [3.63, 3.8) is 0 Å². The first-order valence-electron chi connectivity index (χ1n) is 7.81. The summed E-state index contributed by atoms with van der Waals surface area (Å²) >= 11 is 0. The van der Waals surface area contributed by atoms with Gasteiger partial charge in [0.25, 0.3) is 0 Å². The van der Waals surface area contributed by atoms with Crippen molar-refractivity contribution in [3.05, 3.63) is 76.5 Å². The van der Waals surface area contributed by atoms with Crippen LogP contribution in [-0.4, -0.2) is 20.7 Å². The normalized spacial score (nSPS) is 16.3. The second-order valence-electron chi connectivity index (χ2n) is 6.14. The molecule has 0 radical (unpaired) electrons. The molecule has 1 aromatic heterocycles. The maximum Gasteiger partial charge on any atom is 0.338 e.